The van der Waals surface area contributed by atoms with Crippen molar-refractivity contribution in [2.75, 3.05) is 37.7 Å². The van der Waals surface area contributed by atoms with Gasteiger partial charge in [0.05, 0.1) is 31.6 Å². The number of nitrogens with one attached hydrogen (secondary N) is 1. The zero-order chi connectivity index (χ0) is 15.7. The molecular weight excluding hydrogens is 296 g/mol. The summed E-state index contributed by atoms with van der Waals surface area (Å²) in [6, 6.07) is 0. The summed E-state index contributed by atoms with van der Waals surface area (Å²) in [6.07, 6.45) is 6.89. The molecule has 1 spiro atoms. The van der Waals surface area contributed by atoms with Crippen LogP contribution in [0.2, 0.25) is 0 Å². The van der Waals surface area contributed by atoms with E-state index in [1.807, 2.05) is 6.20 Å². The largest absolute Gasteiger partial charge is 0.440 e. The van der Waals surface area contributed by atoms with Crippen molar-refractivity contribution in [3.05, 3.63) is 18.1 Å². The molecule has 0 radical (unpaired) electrons. The number of rotatable bonds is 2. The van der Waals surface area contributed by atoms with E-state index in [9.17, 15) is 4.79 Å². The molecule has 7 nitrogen and oxygen atoms in total. The second-order valence-electron chi connectivity index (χ2n) is 6.59. The van der Waals surface area contributed by atoms with Gasteiger partial charge in [-0.15, -0.1) is 0 Å². The molecular formula is C16H22N4O3. The van der Waals surface area contributed by atoms with Crippen LogP contribution >= 0.6 is 0 Å². The lowest BCUT2D eigenvalue weighted by molar-refractivity contribution is -0.0431. The molecule has 0 bridgehead atoms. The third kappa shape index (κ3) is 2.90. The average molecular weight is 318 g/mol. The molecule has 0 unspecified atom stereocenters. The lowest BCUT2D eigenvalue weighted by atomic mass is 9.94. The summed E-state index contributed by atoms with van der Waals surface area (Å²) >= 11 is 0. The van der Waals surface area contributed by atoms with Gasteiger partial charge in [0.15, 0.2) is 5.82 Å². The molecule has 124 valence electrons. The normalized spacial score (nSPS) is 27.2. The van der Waals surface area contributed by atoms with Gasteiger partial charge in [-0.1, -0.05) is 0 Å². The Morgan fingerprint density at radius 3 is 2.96 bits per heavy atom. The topological polar surface area (TPSA) is 76.6 Å². The fourth-order valence-corrected chi connectivity index (χ4v) is 3.60. The van der Waals surface area contributed by atoms with Gasteiger partial charge in [-0.2, -0.15) is 0 Å². The monoisotopic (exact) mass is 318 g/mol. The van der Waals surface area contributed by atoms with E-state index in [0.29, 0.717) is 31.5 Å². The van der Waals surface area contributed by atoms with Crippen molar-refractivity contribution in [3.63, 3.8) is 0 Å². The van der Waals surface area contributed by atoms with Crippen molar-refractivity contribution in [1.29, 1.82) is 0 Å². The molecule has 0 aromatic carbocycles. The van der Waals surface area contributed by atoms with Gasteiger partial charge in [-0.25, -0.2) is 9.78 Å². The van der Waals surface area contributed by atoms with Crippen molar-refractivity contribution in [1.82, 2.24) is 15.3 Å². The molecule has 1 aromatic rings. The molecule has 7 heteroatoms. The van der Waals surface area contributed by atoms with Crippen LogP contribution in [0.25, 0.3) is 0 Å². The van der Waals surface area contributed by atoms with Gasteiger partial charge in [0.25, 0.3) is 0 Å². The number of hydrogen-bond donors (Lipinski definition) is 1. The number of amides is 1. The van der Waals surface area contributed by atoms with E-state index >= 15 is 0 Å². The molecule has 0 aliphatic carbocycles. The van der Waals surface area contributed by atoms with E-state index in [4.69, 9.17) is 14.5 Å². The summed E-state index contributed by atoms with van der Waals surface area (Å²) in [7, 11) is 0. The third-order valence-corrected chi connectivity index (χ3v) is 5.01. The van der Waals surface area contributed by atoms with Crippen LogP contribution in [-0.2, 0) is 9.47 Å². The number of piperidine rings is 1. The van der Waals surface area contributed by atoms with Gasteiger partial charge < -0.3 is 14.8 Å². The van der Waals surface area contributed by atoms with Gasteiger partial charge in [0, 0.05) is 31.5 Å². The second-order valence-corrected chi connectivity index (χ2v) is 6.59. The van der Waals surface area contributed by atoms with Gasteiger partial charge in [-0.05, 0) is 19.4 Å². The summed E-state index contributed by atoms with van der Waals surface area (Å²) in [5.41, 5.74) is 0.537. The summed E-state index contributed by atoms with van der Waals surface area (Å²) in [5, 5.41) is 3.39. The number of carbonyl (C=O) groups is 1. The maximum Gasteiger partial charge on any atom is 0.416 e. The number of aromatic nitrogens is 2. The lowest BCUT2D eigenvalue weighted by Crippen LogP contribution is -2.40. The fraction of sp³-hybridized carbons (Fsp3) is 0.688. The number of carbonyl (C=O) groups excluding carboxylic acids is 1. The predicted molar refractivity (Wildman–Crippen MR) is 83.5 cm³/mol. The first-order valence-electron chi connectivity index (χ1n) is 8.37. The zero-order valence-electron chi connectivity index (χ0n) is 13.2. The van der Waals surface area contributed by atoms with Crippen LogP contribution in [0.5, 0.6) is 0 Å². The average Bonchev–Trinajstić information content (AvgIpc) is 2.92. The standard InChI is InChI=1S/C16H22N4O3/c21-15-20(11-16(23-15)3-6-22-7-4-16)14-10-18-9-13(19-14)12-2-1-5-17-8-12/h9-10,12,17H,1-8,11H2/t12-/m1/s1. The van der Waals surface area contributed by atoms with Gasteiger partial charge in [-0.3, -0.25) is 9.88 Å². The van der Waals surface area contributed by atoms with E-state index in [2.05, 4.69) is 10.3 Å². The highest BCUT2D eigenvalue weighted by molar-refractivity contribution is 5.89. The minimum Gasteiger partial charge on any atom is -0.440 e. The van der Waals surface area contributed by atoms with Crippen molar-refractivity contribution in [2.45, 2.75) is 37.2 Å². The molecule has 1 N–H and O–H groups in total. The number of nitrogens with zero attached hydrogens (tertiary/aromatic N) is 3. The molecule has 1 atom stereocenters. The van der Waals surface area contributed by atoms with Crippen LogP contribution in [0.3, 0.4) is 0 Å². The maximum absolute atomic E-state index is 12.3. The molecule has 3 aliphatic heterocycles. The summed E-state index contributed by atoms with van der Waals surface area (Å²) in [5.74, 6) is 0.966. The third-order valence-electron chi connectivity index (χ3n) is 5.01. The fourth-order valence-electron chi connectivity index (χ4n) is 3.60. The second kappa shape index (κ2) is 6.05. The Morgan fingerprint density at radius 2 is 2.17 bits per heavy atom. The smallest absolute Gasteiger partial charge is 0.416 e. The minimum absolute atomic E-state index is 0.319. The van der Waals surface area contributed by atoms with E-state index in [1.165, 1.54) is 0 Å². The first-order chi connectivity index (χ1) is 11.3. The quantitative estimate of drug-likeness (QED) is 0.889. The molecule has 1 aromatic heterocycles. The SMILES string of the molecule is O=C1OC2(CCOCC2)CN1c1cncc([C@@H]2CCCNC2)n1. The Labute approximate surface area is 135 Å². The Balaban J connectivity index is 1.54. The number of hydrogen-bond acceptors (Lipinski definition) is 6. The lowest BCUT2D eigenvalue weighted by Gasteiger charge is -2.30. The molecule has 3 saturated heterocycles. The van der Waals surface area contributed by atoms with Crippen LogP contribution in [0, 0.1) is 0 Å². The molecule has 4 rings (SSSR count). The van der Waals surface area contributed by atoms with Gasteiger partial charge in [0.2, 0.25) is 0 Å². The summed E-state index contributed by atoms with van der Waals surface area (Å²) < 4.78 is 11.1. The van der Waals surface area contributed by atoms with Crippen LogP contribution in [-0.4, -0.2) is 54.5 Å². The van der Waals surface area contributed by atoms with Crippen molar-refractivity contribution in [2.24, 2.45) is 0 Å². The van der Waals surface area contributed by atoms with Crippen molar-refractivity contribution in [3.8, 4) is 0 Å². The Kier molecular flexibility index (Phi) is 3.90. The van der Waals surface area contributed by atoms with Crippen LogP contribution < -0.4 is 10.2 Å². The van der Waals surface area contributed by atoms with E-state index in [1.54, 1.807) is 11.1 Å². The molecule has 4 heterocycles. The van der Waals surface area contributed by atoms with Gasteiger partial charge >= 0.3 is 6.09 Å². The van der Waals surface area contributed by atoms with Crippen LogP contribution in [0.4, 0.5) is 10.6 Å². The van der Waals surface area contributed by atoms with Crippen LogP contribution in [0.15, 0.2) is 12.4 Å². The first-order valence-corrected chi connectivity index (χ1v) is 8.37. The predicted octanol–water partition coefficient (Wildman–Crippen LogP) is 1.45. The number of ether oxygens (including phenoxy) is 2. The minimum atomic E-state index is -0.417. The van der Waals surface area contributed by atoms with E-state index < -0.39 is 5.60 Å². The maximum atomic E-state index is 12.3. The highest BCUT2D eigenvalue weighted by Crippen LogP contribution is 2.34. The Bertz CT molecular complexity index is 582. The van der Waals surface area contributed by atoms with Crippen LogP contribution in [0.1, 0.15) is 37.3 Å². The van der Waals surface area contributed by atoms with E-state index in [-0.39, 0.29) is 6.09 Å². The highest BCUT2D eigenvalue weighted by Gasteiger charge is 2.47. The Morgan fingerprint density at radius 1 is 1.30 bits per heavy atom. The summed E-state index contributed by atoms with van der Waals surface area (Å²) in [4.78, 5) is 22.9. The highest BCUT2D eigenvalue weighted by atomic mass is 16.6. The zero-order valence-corrected chi connectivity index (χ0v) is 13.2. The summed E-state index contributed by atoms with van der Waals surface area (Å²) in [6.45, 7) is 3.80. The van der Waals surface area contributed by atoms with Gasteiger partial charge in [0.1, 0.15) is 5.60 Å². The molecule has 3 aliphatic rings. The molecule has 23 heavy (non-hydrogen) atoms. The van der Waals surface area contributed by atoms with Crippen molar-refractivity contribution < 1.29 is 14.3 Å². The first kappa shape index (κ1) is 14.8. The Hall–Kier alpha value is -1.73. The molecule has 1 amide bonds. The molecule has 3 fully saturated rings. The number of anilines is 1. The van der Waals surface area contributed by atoms with Crippen molar-refractivity contribution >= 4 is 11.9 Å². The van der Waals surface area contributed by atoms with E-state index in [0.717, 1.165) is 44.5 Å². The molecule has 0 saturated carbocycles.